The van der Waals surface area contributed by atoms with Gasteiger partial charge in [0.2, 0.25) is 5.70 Å². The summed E-state index contributed by atoms with van der Waals surface area (Å²) in [5.41, 5.74) is -1.61. The number of hydrogen-bond acceptors (Lipinski definition) is 4. The number of fused-ring (bicyclic) bond motifs is 7. The van der Waals surface area contributed by atoms with Crippen LogP contribution >= 0.6 is 0 Å². The largest absolute Gasteiger partial charge is 0.469 e. The van der Waals surface area contributed by atoms with E-state index in [4.69, 9.17) is 11.3 Å². The van der Waals surface area contributed by atoms with E-state index >= 15 is 0 Å². The number of Topliss-reactive ketones (excluding diaryl/α,β-unsaturated/α-hetero) is 2. The molecule has 5 aliphatic carbocycles. The summed E-state index contributed by atoms with van der Waals surface area (Å²) in [6, 6.07) is 0. The Bertz CT molecular complexity index is 1140. The van der Waals surface area contributed by atoms with E-state index in [1.54, 1.807) is 0 Å². The molecule has 0 N–H and O–H groups in total. The molecule has 5 aliphatic rings. The molecule has 8 atom stereocenters. The van der Waals surface area contributed by atoms with Crippen LogP contribution in [0.5, 0.6) is 0 Å². The number of hydrogen-bond donors (Lipinski definition) is 0. The normalized spacial score (nSPS) is 47.8. The number of rotatable bonds is 1. The van der Waals surface area contributed by atoms with Gasteiger partial charge in [0.15, 0.2) is 5.78 Å². The molecule has 0 aromatic rings. The smallest absolute Gasteiger partial charge is 0.312 e. The first-order chi connectivity index (χ1) is 17.0. The fourth-order valence-electron chi connectivity index (χ4n) is 10.8. The topological polar surface area (TPSA) is 64.8 Å². The number of ketones is 2. The van der Waals surface area contributed by atoms with Crippen LogP contribution in [0.3, 0.4) is 0 Å². The van der Waals surface area contributed by atoms with Crippen molar-refractivity contribution in [2.24, 2.45) is 56.2 Å². The van der Waals surface area contributed by atoms with Crippen LogP contribution in [-0.4, -0.2) is 24.6 Å². The molecular weight excluding hydrogens is 462 g/mol. The van der Waals surface area contributed by atoms with E-state index in [-0.39, 0.29) is 63.1 Å². The van der Waals surface area contributed by atoms with E-state index in [9.17, 15) is 14.4 Å². The Morgan fingerprint density at radius 2 is 1.59 bits per heavy atom. The summed E-state index contributed by atoms with van der Waals surface area (Å²) in [5.74, 6) is 0.123. The van der Waals surface area contributed by atoms with E-state index in [1.165, 1.54) is 7.11 Å². The van der Waals surface area contributed by atoms with Crippen molar-refractivity contribution in [1.29, 1.82) is 0 Å². The maximum absolute atomic E-state index is 14.4. The van der Waals surface area contributed by atoms with Gasteiger partial charge in [0.05, 0.1) is 19.1 Å². The summed E-state index contributed by atoms with van der Waals surface area (Å²) in [6.07, 6.45) is 8.57. The van der Waals surface area contributed by atoms with Gasteiger partial charge in [0.25, 0.3) is 0 Å². The lowest BCUT2D eigenvalue weighted by Gasteiger charge is -2.71. The zero-order chi connectivity index (χ0) is 27.4. The minimum absolute atomic E-state index is 0.00280. The highest BCUT2D eigenvalue weighted by Gasteiger charge is 2.73. The Labute approximate surface area is 223 Å². The second-order valence-corrected chi connectivity index (χ2v) is 15.3. The lowest BCUT2D eigenvalue weighted by atomic mass is 9.31. The highest BCUT2D eigenvalue weighted by Crippen LogP contribution is 2.75. The van der Waals surface area contributed by atoms with Crippen LogP contribution in [0.1, 0.15) is 99.8 Å². The molecule has 0 spiro atoms. The average molecular weight is 508 g/mol. The van der Waals surface area contributed by atoms with E-state index in [0.29, 0.717) is 6.42 Å². The van der Waals surface area contributed by atoms with Crippen LogP contribution in [0.25, 0.3) is 4.85 Å². The van der Waals surface area contributed by atoms with Gasteiger partial charge in [-0.05, 0) is 84.4 Å². The van der Waals surface area contributed by atoms with Crippen LogP contribution in [0, 0.1) is 62.7 Å². The van der Waals surface area contributed by atoms with Gasteiger partial charge in [0, 0.05) is 17.8 Å². The second kappa shape index (κ2) is 7.80. The molecule has 0 amide bonds. The van der Waals surface area contributed by atoms with Crippen molar-refractivity contribution in [3.63, 3.8) is 0 Å². The fraction of sp³-hybridized carbons (Fsp3) is 0.812. The lowest BCUT2D eigenvalue weighted by molar-refractivity contribution is -0.226. The Kier molecular flexibility index (Phi) is 5.61. The number of carbonyl (C=O) groups excluding carboxylic acids is 3. The Morgan fingerprint density at radius 1 is 0.946 bits per heavy atom. The first kappa shape index (κ1) is 26.6. The molecule has 0 aromatic carbocycles. The predicted octanol–water partition coefficient (Wildman–Crippen LogP) is 6.81. The number of ether oxygens (including phenoxy) is 1. The van der Waals surface area contributed by atoms with Crippen molar-refractivity contribution >= 4 is 17.5 Å². The third kappa shape index (κ3) is 3.17. The Balaban J connectivity index is 1.65. The van der Waals surface area contributed by atoms with Crippen molar-refractivity contribution in [1.82, 2.24) is 0 Å². The van der Waals surface area contributed by atoms with E-state index in [2.05, 4.69) is 39.5 Å². The van der Waals surface area contributed by atoms with Gasteiger partial charge in [-0.1, -0.05) is 54.5 Å². The first-order valence-corrected chi connectivity index (χ1v) is 14.3. The summed E-state index contributed by atoms with van der Waals surface area (Å²) in [6.45, 7) is 23.3. The predicted molar refractivity (Wildman–Crippen MR) is 142 cm³/mol. The van der Waals surface area contributed by atoms with E-state index in [0.717, 1.165) is 44.9 Å². The monoisotopic (exact) mass is 507 g/mol. The third-order valence-corrected chi connectivity index (χ3v) is 13.0. The molecule has 202 valence electrons. The molecule has 0 radical (unpaired) electrons. The van der Waals surface area contributed by atoms with Crippen LogP contribution in [-0.2, 0) is 19.1 Å². The van der Waals surface area contributed by atoms with Gasteiger partial charge in [0.1, 0.15) is 5.78 Å². The number of allylic oxidation sites excluding steroid dienone is 2. The Hall–Kier alpha value is -1.96. The zero-order valence-electron chi connectivity index (χ0n) is 24.1. The molecule has 37 heavy (non-hydrogen) atoms. The molecule has 4 saturated carbocycles. The zero-order valence-corrected chi connectivity index (χ0v) is 24.1. The molecule has 0 bridgehead atoms. The number of carbonyl (C=O) groups is 3. The van der Waals surface area contributed by atoms with Crippen molar-refractivity contribution in [3.8, 4) is 0 Å². The van der Waals surface area contributed by atoms with E-state index < -0.39 is 16.2 Å². The van der Waals surface area contributed by atoms with Crippen molar-refractivity contribution in [2.45, 2.75) is 99.8 Å². The maximum Gasteiger partial charge on any atom is 0.312 e. The third-order valence-electron chi connectivity index (χ3n) is 13.0. The molecule has 0 saturated heterocycles. The standard InChI is InChI=1S/C32H45NO4/c1-27(2)12-14-32(26(36)37-9)15-13-31(7)24(19(32)17-27)21(34)16-23-29(5)18-20(33-8)25(35)28(3,4)22(29)10-11-30(23,31)6/h18-19,22-24H,10-17H2,1-7,9H3/t19-,22-,23+,24-,29-,30+,31+,32-/m0/s1. The Morgan fingerprint density at radius 3 is 2.22 bits per heavy atom. The van der Waals surface area contributed by atoms with E-state index in [1.807, 2.05) is 19.9 Å². The summed E-state index contributed by atoms with van der Waals surface area (Å²) < 4.78 is 5.42. The first-order valence-electron chi connectivity index (χ1n) is 14.3. The average Bonchev–Trinajstić information content (AvgIpc) is 2.82. The van der Waals surface area contributed by atoms with Gasteiger partial charge >= 0.3 is 5.97 Å². The van der Waals surface area contributed by atoms with Gasteiger partial charge in [-0.2, -0.15) is 0 Å². The quantitative estimate of drug-likeness (QED) is 0.289. The minimum atomic E-state index is -0.620. The van der Waals surface area contributed by atoms with Crippen molar-refractivity contribution < 1.29 is 19.1 Å². The molecule has 0 aliphatic heterocycles. The summed E-state index contributed by atoms with van der Waals surface area (Å²) in [5, 5.41) is 0. The summed E-state index contributed by atoms with van der Waals surface area (Å²) in [7, 11) is 1.50. The molecule has 5 heteroatoms. The summed E-state index contributed by atoms with van der Waals surface area (Å²) >= 11 is 0. The molecular formula is C32H45NO4. The number of nitrogens with zero attached hydrogens (tertiary/aromatic N) is 1. The molecule has 0 unspecified atom stereocenters. The highest BCUT2D eigenvalue weighted by atomic mass is 16.5. The highest BCUT2D eigenvalue weighted by molar-refractivity contribution is 6.02. The molecule has 5 rings (SSSR count). The SMILES string of the molecule is [C-]#[N+]C1=C[C@]2(C)[C@H]3CC(=O)[C@@H]4[C@@H]5CC(C)(C)CC[C@]5(C(=O)OC)CC[C@@]4(C)[C@]3(C)CC[C@H]2C(C)(C)C1=O. The van der Waals surface area contributed by atoms with Gasteiger partial charge in [-0.25, -0.2) is 4.85 Å². The lowest BCUT2D eigenvalue weighted by Crippen LogP contribution is -2.69. The van der Waals surface area contributed by atoms with Crippen LogP contribution in [0.2, 0.25) is 0 Å². The molecule has 0 heterocycles. The van der Waals surface area contributed by atoms with Gasteiger partial charge in [-0.15, -0.1) is 0 Å². The van der Waals surface area contributed by atoms with Crippen LogP contribution in [0.4, 0.5) is 0 Å². The van der Waals surface area contributed by atoms with Crippen molar-refractivity contribution in [3.05, 3.63) is 23.2 Å². The fourth-order valence-corrected chi connectivity index (χ4v) is 10.8. The maximum atomic E-state index is 14.4. The van der Waals surface area contributed by atoms with Gasteiger partial charge in [-0.3, -0.25) is 9.59 Å². The molecule has 4 fully saturated rings. The van der Waals surface area contributed by atoms with Crippen LogP contribution < -0.4 is 0 Å². The molecule has 5 nitrogen and oxygen atoms in total. The number of esters is 1. The van der Waals surface area contributed by atoms with Crippen molar-refractivity contribution in [2.75, 3.05) is 7.11 Å². The minimum Gasteiger partial charge on any atom is -0.469 e. The van der Waals surface area contributed by atoms with Crippen LogP contribution in [0.15, 0.2) is 11.8 Å². The number of methoxy groups -OCH3 is 1. The molecule has 0 aromatic heterocycles. The second-order valence-electron chi connectivity index (χ2n) is 15.3. The summed E-state index contributed by atoms with van der Waals surface area (Å²) in [4.78, 5) is 44.7. The van der Waals surface area contributed by atoms with Gasteiger partial charge < -0.3 is 9.53 Å².